The molecule has 1 fully saturated rings. The van der Waals surface area contributed by atoms with Crippen molar-refractivity contribution in [3.63, 3.8) is 0 Å². The maximum absolute atomic E-state index is 12.4. The van der Waals surface area contributed by atoms with Gasteiger partial charge in [-0.15, -0.1) is 0 Å². The third-order valence-electron chi connectivity index (χ3n) is 3.86. The second kappa shape index (κ2) is 5.65. The average molecular weight is 286 g/mol. The molecule has 1 atom stereocenters. The minimum absolute atomic E-state index is 0.0387. The molecule has 0 radical (unpaired) electrons. The van der Waals surface area contributed by atoms with Crippen LogP contribution in [-0.4, -0.2) is 46.0 Å². The van der Waals surface area contributed by atoms with Gasteiger partial charge in [-0.05, 0) is 19.1 Å². The van der Waals surface area contributed by atoms with Crippen molar-refractivity contribution in [3.8, 4) is 0 Å². The van der Waals surface area contributed by atoms with E-state index in [4.69, 9.17) is 0 Å². The highest BCUT2D eigenvalue weighted by Gasteiger charge is 2.23. The first kappa shape index (κ1) is 13.8. The number of amides is 1. The number of carbonyl (C=O) groups excluding carboxylic acids is 1. The van der Waals surface area contributed by atoms with Crippen LogP contribution in [0.3, 0.4) is 0 Å². The zero-order valence-electron chi connectivity index (χ0n) is 12.0. The lowest BCUT2D eigenvalue weighted by Crippen LogP contribution is -2.53. The molecule has 2 heterocycles. The fraction of sp³-hybridized carbons (Fsp3) is 0.400. The Bertz CT molecular complexity index is 725. The van der Waals surface area contributed by atoms with E-state index >= 15 is 0 Å². The van der Waals surface area contributed by atoms with Crippen LogP contribution in [0.25, 0.3) is 10.9 Å². The maximum atomic E-state index is 12.4. The molecule has 1 amide bonds. The average Bonchev–Trinajstić information content (AvgIpc) is 2.51. The summed E-state index contributed by atoms with van der Waals surface area (Å²) in [7, 11) is 0. The molecule has 0 saturated carbocycles. The van der Waals surface area contributed by atoms with E-state index in [1.807, 2.05) is 17.9 Å². The summed E-state index contributed by atoms with van der Waals surface area (Å²) in [6.45, 7) is 4.31. The Kier molecular flexibility index (Phi) is 3.70. The molecule has 21 heavy (non-hydrogen) atoms. The van der Waals surface area contributed by atoms with Crippen molar-refractivity contribution < 1.29 is 4.79 Å². The monoisotopic (exact) mass is 286 g/mol. The molecule has 110 valence electrons. The van der Waals surface area contributed by atoms with Crippen molar-refractivity contribution in [2.75, 3.05) is 19.6 Å². The molecule has 1 N–H and O–H groups in total. The van der Waals surface area contributed by atoms with Gasteiger partial charge in [-0.3, -0.25) is 14.2 Å². The number of hydrogen-bond donors (Lipinski definition) is 1. The number of nitrogens with zero attached hydrogens (tertiary/aromatic N) is 3. The first-order chi connectivity index (χ1) is 10.2. The van der Waals surface area contributed by atoms with Crippen LogP contribution in [0.2, 0.25) is 0 Å². The predicted octanol–water partition coefficient (Wildman–Crippen LogP) is 0.217. The number of aromatic nitrogens is 2. The Hall–Kier alpha value is -2.21. The second-order valence-corrected chi connectivity index (χ2v) is 5.34. The van der Waals surface area contributed by atoms with Crippen LogP contribution in [-0.2, 0) is 11.3 Å². The highest BCUT2D eigenvalue weighted by atomic mass is 16.2. The largest absolute Gasteiger partial charge is 0.336 e. The summed E-state index contributed by atoms with van der Waals surface area (Å²) in [6.07, 6.45) is 1.45. The van der Waals surface area contributed by atoms with E-state index in [9.17, 15) is 9.59 Å². The number of para-hydroxylation sites is 1. The lowest BCUT2D eigenvalue weighted by atomic mass is 10.2. The molecule has 0 spiro atoms. The molecule has 1 saturated heterocycles. The van der Waals surface area contributed by atoms with Gasteiger partial charge in [0.1, 0.15) is 6.54 Å². The van der Waals surface area contributed by atoms with Crippen LogP contribution < -0.4 is 10.9 Å². The van der Waals surface area contributed by atoms with Gasteiger partial charge in [0, 0.05) is 25.7 Å². The van der Waals surface area contributed by atoms with E-state index < -0.39 is 0 Å². The van der Waals surface area contributed by atoms with Crippen molar-refractivity contribution >= 4 is 16.8 Å². The zero-order valence-corrected chi connectivity index (χ0v) is 12.0. The number of piperazine rings is 1. The van der Waals surface area contributed by atoms with Gasteiger partial charge in [0.2, 0.25) is 5.91 Å². The summed E-state index contributed by atoms with van der Waals surface area (Å²) in [5, 5.41) is 3.79. The zero-order chi connectivity index (χ0) is 14.8. The number of benzene rings is 1. The number of nitrogens with one attached hydrogen (secondary N) is 1. The second-order valence-electron chi connectivity index (χ2n) is 5.34. The van der Waals surface area contributed by atoms with Crippen LogP contribution in [0.4, 0.5) is 0 Å². The summed E-state index contributed by atoms with van der Waals surface area (Å²) in [5.74, 6) is -0.0387. The standard InChI is InChI=1S/C15H18N4O2/c1-11-8-16-6-7-19(11)14(20)9-18-10-17-13-5-3-2-4-12(13)15(18)21/h2-5,10-11,16H,6-9H2,1H3. The molecular weight excluding hydrogens is 268 g/mol. The van der Waals surface area contributed by atoms with Crippen molar-refractivity contribution in [1.82, 2.24) is 19.8 Å². The minimum atomic E-state index is -0.170. The summed E-state index contributed by atoms with van der Waals surface area (Å²) >= 11 is 0. The number of fused-ring (bicyclic) bond motifs is 1. The summed E-state index contributed by atoms with van der Waals surface area (Å²) in [4.78, 5) is 30.8. The van der Waals surface area contributed by atoms with Gasteiger partial charge in [0.25, 0.3) is 5.56 Å². The van der Waals surface area contributed by atoms with E-state index in [0.717, 1.165) is 13.1 Å². The van der Waals surface area contributed by atoms with Gasteiger partial charge < -0.3 is 10.2 Å². The molecule has 6 nitrogen and oxygen atoms in total. The molecule has 3 rings (SSSR count). The van der Waals surface area contributed by atoms with Gasteiger partial charge in [0.05, 0.1) is 17.2 Å². The van der Waals surface area contributed by atoms with Gasteiger partial charge in [0.15, 0.2) is 0 Å². The Morgan fingerprint density at radius 2 is 2.24 bits per heavy atom. The number of hydrogen-bond acceptors (Lipinski definition) is 4. The first-order valence-corrected chi connectivity index (χ1v) is 7.11. The van der Waals surface area contributed by atoms with E-state index in [1.54, 1.807) is 18.2 Å². The normalized spacial score (nSPS) is 18.9. The Labute approximate surface area is 122 Å². The molecular formula is C15H18N4O2. The number of carbonyl (C=O) groups is 1. The van der Waals surface area contributed by atoms with E-state index in [1.165, 1.54) is 10.9 Å². The van der Waals surface area contributed by atoms with E-state index in [2.05, 4.69) is 10.3 Å². The van der Waals surface area contributed by atoms with Gasteiger partial charge in [-0.1, -0.05) is 12.1 Å². The van der Waals surface area contributed by atoms with Crippen molar-refractivity contribution in [1.29, 1.82) is 0 Å². The fourth-order valence-corrected chi connectivity index (χ4v) is 2.67. The Morgan fingerprint density at radius 1 is 1.43 bits per heavy atom. The summed E-state index contributed by atoms with van der Waals surface area (Å²) in [6, 6.07) is 7.32. The molecule has 1 aliphatic rings. The van der Waals surface area contributed by atoms with Gasteiger partial charge in [-0.2, -0.15) is 0 Å². The van der Waals surface area contributed by atoms with Crippen LogP contribution >= 0.6 is 0 Å². The van der Waals surface area contributed by atoms with Crippen molar-refractivity contribution in [2.24, 2.45) is 0 Å². The lowest BCUT2D eigenvalue weighted by molar-refractivity contribution is -0.134. The van der Waals surface area contributed by atoms with Crippen LogP contribution in [0, 0.1) is 0 Å². The highest BCUT2D eigenvalue weighted by Crippen LogP contribution is 2.06. The molecule has 1 aromatic heterocycles. The van der Waals surface area contributed by atoms with Gasteiger partial charge >= 0.3 is 0 Å². The predicted molar refractivity (Wildman–Crippen MR) is 80.0 cm³/mol. The lowest BCUT2D eigenvalue weighted by Gasteiger charge is -2.34. The van der Waals surface area contributed by atoms with Crippen LogP contribution in [0.15, 0.2) is 35.4 Å². The Balaban J connectivity index is 1.86. The van der Waals surface area contributed by atoms with Crippen molar-refractivity contribution in [3.05, 3.63) is 40.9 Å². The fourth-order valence-electron chi connectivity index (χ4n) is 2.67. The van der Waals surface area contributed by atoms with Crippen LogP contribution in [0.1, 0.15) is 6.92 Å². The third kappa shape index (κ3) is 2.67. The first-order valence-electron chi connectivity index (χ1n) is 7.11. The van der Waals surface area contributed by atoms with Crippen LogP contribution in [0.5, 0.6) is 0 Å². The summed E-state index contributed by atoms with van der Waals surface area (Å²) in [5.41, 5.74) is 0.485. The number of rotatable bonds is 2. The Morgan fingerprint density at radius 3 is 3.05 bits per heavy atom. The smallest absolute Gasteiger partial charge is 0.261 e. The molecule has 0 aliphatic carbocycles. The topological polar surface area (TPSA) is 67.2 Å². The molecule has 1 unspecified atom stereocenters. The molecule has 2 aromatic rings. The van der Waals surface area contributed by atoms with E-state index in [-0.39, 0.29) is 24.1 Å². The highest BCUT2D eigenvalue weighted by molar-refractivity contribution is 5.79. The SMILES string of the molecule is CC1CNCCN1C(=O)Cn1cnc2ccccc2c1=O. The van der Waals surface area contributed by atoms with E-state index in [0.29, 0.717) is 17.4 Å². The van der Waals surface area contributed by atoms with Crippen molar-refractivity contribution in [2.45, 2.75) is 19.5 Å². The quantitative estimate of drug-likeness (QED) is 0.857. The molecule has 6 heteroatoms. The molecule has 1 aromatic carbocycles. The maximum Gasteiger partial charge on any atom is 0.261 e. The third-order valence-corrected chi connectivity index (χ3v) is 3.86. The van der Waals surface area contributed by atoms with Gasteiger partial charge in [-0.25, -0.2) is 4.98 Å². The minimum Gasteiger partial charge on any atom is -0.336 e. The summed E-state index contributed by atoms with van der Waals surface area (Å²) < 4.78 is 1.39. The molecule has 0 bridgehead atoms. The molecule has 1 aliphatic heterocycles.